The van der Waals surface area contributed by atoms with Crippen LogP contribution in [0.25, 0.3) is 0 Å². The lowest BCUT2D eigenvalue weighted by Crippen LogP contribution is -1.85. The molecule has 0 amide bonds. The van der Waals surface area contributed by atoms with Crippen LogP contribution in [-0.4, -0.2) is 5.75 Å². The van der Waals surface area contributed by atoms with Crippen molar-refractivity contribution in [3.05, 3.63) is 34.1 Å². The van der Waals surface area contributed by atoms with Crippen LogP contribution in [-0.2, 0) is 0 Å². The highest BCUT2D eigenvalue weighted by Gasteiger charge is 2.08. The largest absolute Gasteiger partial charge is 0.209 e. The van der Waals surface area contributed by atoms with E-state index in [-0.39, 0.29) is 10.9 Å². The Hall–Kier alpha value is -0.430. The third-order valence-corrected chi connectivity index (χ3v) is 4.46. The summed E-state index contributed by atoms with van der Waals surface area (Å²) in [4.78, 5) is 0. The first-order valence-electron chi connectivity index (χ1n) is 4.65. The molecule has 1 heteroatoms. The van der Waals surface area contributed by atoms with Gasteiger partial charge in [0.2, 0.25) is 0 Å². The van der Waals surface area contributed by atoms with Gasteiger partial charge in [-0.2, -0.15) is 0 Å². The normalized spacial score (nSPS) is 30.6. The first-order valence-corrected chi connectivity index (χ1v) is 6.31. The lowest BCUT2D eigenvalue weighted by molar-refractivity contribution is 0.908. The number of thiol groups is 1. The Morgan fingerprint density at radius 3 is 3.00 bits per heavy atom. The third-order valence-electron chi connectivity index (χ3n) is 2.42. The summed E-state index contributed by atoms with van der Waals surface area (Å²) in [7, 11) is 0.0936. The van der Waals surface area contributed by atoms with Crippen molar-refractivity contribution in [1.29, 1.82) is 0 Å². The minimum atomic E-state index is 0.0936. The Kier molecular flexibility index (Phi) is 2.40. The molecule has 1 aliphatic heterocycles. The Bertz CT molecular complexity index is 258. The minimum Gasteiger partial charge on any atom is -0.209 e. The number of hydrogen-bond donors (Lipinski definition) is 1. The fraction of sp³-hybridized carbons (Fsp3) is 0.455. The van der Waals surface area contributed by atoms with E-state index >= 15 is 0 Å². The van der Waals surface area contributed by atoms with Gasteiger partial charge in [-0.25, -0.2) is 10.9 Å². The number of hydrogen-bond acceptors (Lipinski definition) is 0. The smallest absolute Gasteiger partial charge is 0.00257 e. The van der Waals surface area contributed by atoms with E-state index in [2.05, 4.69) is 29.9 Å². The van der Waals surface area contributed by atoms with E-state index in [1.165, 1.54) is 30.6 Å². The molecule has 0 radical (unpaired) electrons. The van der Waals surface area contributed by atoms with Crippen molar-refractivity contribution in [3.63, 3.8) is 0 Å². The molecule has 0 aromatic carbocycles. The van der Waals surface area contributed by atoms with Gasteiger partial charge in [-0.15, -0.1) is 0 Å². The second-order valence-electron chi connectivity index (χ2n) is 3.62. The van der Waals surface area contributed by atoms with E-state index in [9.17, 15) is 0 Å². The first-order chi connectivity index (χ1) is 5.84. The minimum absolute atomic E-state index is 0.0936. The Balaban J connectivity index is 1.92. The van der Waals surface area contributed by atoms with Crippen LogP contribution < -0.4 is 0 Å². The molecule has 66 valence electrons. The van der Waals surface area contributed by atoms with Crippen LogP contribution in [0.2, 0.25) is 0 Å². The Morgan fingerprint density at radius 2 is 2.42 bits per heavy atom. The fourth-order valence-corrected chi connectivity index (χ4v) is 3.85. The zero-order valence-corrected chi connectivity index (χ0v) is 8.48. The molecule has 1 atom stereocenters. The summed E-state index contributed by atoms with van der Waals surface area (Å²) in [6.45, 7) is 2.20. The van der Waals surface area contributed by atoms with Gasteiger partial charge < -0.3 is 0 Å². The molecular weight excluding hydrogens is 164 g/mol. The lowest BCUT2D eigenvalue weighted by atomic mass is 10.3. The van der Waals surface area contributed by atoms with E-state index in [0.717, 1.165) is 0 Å². The van der Waals surface area contributed by atoms with Gasteiger partial charge in [-0.05, 0) is 42.6 Å². The van der Waals surface area contributed by atoms with Gasteiger partial charge in [0.25, 0.3) is 0 Å². The van der Waals surface area contributed by atoms with Crippen molar-refractivity contribution in [3.8, 4) is 0 Å². The summed E-state index contributed by atoms with van der Waals surface area (Å²) < 4.78 is 0. The molecule has 0 N–H and O–H groups in total. The molecular formula is C11H16S. The topological polar surface area (TPSA) is 0 Å². The number of allylic oxidation sites excluding steroid dienone is 3. The molecule has 12 heavy (non-hydrogen) atoms. The average Bonchev–Trinajstić information content (AvgIpc) is 2.63. The van der Waals surface area contributed by atoms with Crippen LogP contribution >= 0.6 is 10.9 Å². The maximum atomic E-state index is 2.44. The Labute approximate surface area is 77.4 Å². The van der Waals surface area contributed by atoms with Crippen LogP contribution in [0.15, 0.2) is 34.1 Å². The molecule has 0 fully saturated rings. The van der Waals surface area contributed by atoms with Gasteiger partial charge in [0.15, 0.2) is 0 Å². The zero-order chi connectivity index (χ0) is 8.39. The maximum Gasteiger partial charge on any atom is 0.00257 e. The molecule has 0 aromatic rings. The summed E-state index contributed by atoms with van der Waals surface area (Å²) >= 11 is 0. The number of rotatable bonds is 2. The molecule has 2 aliphatic rings. The van der Waals surface area contributed by atoms with Crippen LogP contribution in [0.3, 0.4) is 0 Å². The quantitative estimate of drug-likeness (QED) is 0.488. The standard InChI is InChI=1S/C11H16S/c1-10-6-7-12(8-10)9-11-4-2-3-5-11/h4,6-8,12H,2-3,5,9H2,1H3. The highest BCUT2D eigenvalue weighted by atomic mass is 32.2. The summed E-state index contributed by atoms with van der Waals surface area (Å²) in [5.74, 6) is 1.34. The van der Waals surface area contributed by atoms with E-state index in [0.29, 0.717) is 0 Å². The van der Waals surface area contributed by atoms with Crippen LogP contribution in [0.4, 0.5) is 0 Å². The highest BCUT2D eigenvalue weighted by Crippen LogP contribution is 2.39. The molecule has 0 saturated heterocycles. The molecule has 0 aromatic heterocycles. The lowest BCUT2D eigenvalue weighted by Gasteiger charge is -2.09. The highest BCUT2D eigenvalue weighted by molar-refractivity contribution is 8.22. The van der Waals surface area contributed by atoms with Gasteiger partial charge in [-0.1, -0.05) is 17.7 Å². The summed E-state index contributed by atoms with van der Waals surface area (Å²) in [6, 6.07) is 0. The Morgan fingerprint density at radius 1 is 1.50 bits per heavy atom. The SMILES string of the molecule is CC1=C[SH](CC2=CCCC2)C=C1. The average molecular weight is 180 g/mol. The van der Waals surface area contributed by atoms with E-state index in [1.807, 2.05) is 0 Å². The van der Waals surface area contributed by atoms with Gasteiger partial charge in [0, 0.05) is 5.75 Å². The molecule has 0 spiro atoms. The van der Waals surface area contributed by atoms with Gasteiger partial charge in [0.1, 0.15) is 0 Å². The molecule has 0 nitrogen and oxygen atoms in total. The molecule has 1 heterocycles. The van der Waals surface area contributed by atoms with Crippen LogP contribution in [0.1, 0.15) is 26.2 Å². The van der Waals surface area contributed by atoms with Crippen LogP contribution in [0.5, 0.6) is 0 Å². The summed E-state index contributed by atoms with van der Waals surface area (Å²) in [5.41, 5.74) is 3.16. The van der Waals surface area contributed by atoms with E-state index in [4.69, 9.17) is 0 Å². The molecule has 1 aliphatic carbocycles. The van der Waals surface area contributed by atoms with Gasteiger partial charge in [-0.3, -0.25) is 0 Å². The monoisotopic (exact) mass is 180 g/mol. The molecule has 2 rings (SSSR count). The fourth-order valence-electron chi connectivity index (χ4n) is 1.77. The van der Waals surface area contributed by atoms with Crippen molar-refractivity contribution in [1.82, 2.24) is 0 Å². The predicted molar refractivity (Wildman–Crippen MR) is 58.7 cm³/mol. The summed E-state index contributed by atoms with van der Waals surface area (Å²) in [6.07, 6.45) is 8.79. The van der Waals surface area contributed by atoms with Gasteiger partial charge >= 0.3 is 0 Å². The molecule has 0 saturated carbocycles. The predicted octanol–water partition coefficient (Wildman–Crippen LogP) is 3.53. The van der Waals surface area contributed by atoms with E-state index < -0.39 is 0 Å². The third kappa shape index (κ3) is 1.84. The second kappa shape index (κ2) is 3.53. The molecule has 1 unspecified atom stereocenters. The van der Waals surface area contributed by atoms with Crippen molar-refractivity contribution < 1.29 is 0 Å². The van der Waals surface area contributed by atoms with E-state index in [1.54, 1.807) is 5.57 Å². The summed E-state index contributed by atoms with van der Waals surface area (Å²) in [5, 5.41) is 4.83. The van der Waals surface area contributed by atoms with Crippen molar-refractivity contribution in [2.24, 2.45) is 0 Å². The maximum absolute atomic E-state index is 2.44. The van der Waals surface area contributed by atoms with Crippen molar-refractivity contribution >= 4 is 10.9 Å². The first kappa shape index (κ1) is 8.18. The molecule has 0 bridgehead atoms. The van der Waals surface area contributed by atoms with Crippen LogP contribution in [0, 0.1) is 0 Å². The van der Waals surface area contributed by atoms with Crippen molar-refractivity contribution in [2.45, 2.75) is 26.2 Å². The van der Waals surface area contributed by atoms with Gasteiger partial charge in [0.05, 0.1) is 0 Å². The zero-order valence-electron chi connectivity index (χ0n) is 7.59. The van der Waals surface area contributed by atoms with Crippen molar-refractivity contribution in [2.75, 3.05) is 5.75 Å². The second-order valence-corrected chi connectivity index (χ2v) is 5.52.